The van der Waals surface area contributed by atoms with Gasteiger partial charge in [-0.3, -0.25) is 15.6 Å². The summed E-state index contributed by atoms with van der Waals surface area (Å²) in [5.74, 6) is 2.63. The molecule has 0 aromatic carbocycles. The van der Waals surface area contributed by atoms with Gasteiger partial charge >= 0.3 is 0 Å². The van der Waals surface area contributed by atoms with Crippen LogP contribution in [0.25, 0.3) is 22.8 Å². The number of nitrogens with zero attached hydrogens (tertiary/aromatic N) is 6. The molecule has 0 bridgehead atoms. The Hall–Kier alpha value is -3.47. The third-order valence-corrected chi connectivity index (χ3v) is 6.32. The van der Waals surface area contributed by atoms with Crippen molar-refractivity contribution >= 4 is 75.8 Å². The van der Waals surface area contributed by atoms with Crippen molar-refractivity contribution in [2.24, 2.45) is 5.73 Å². The van der Waals surface area contributed by atoms with Gasteiger partial charge in [-0.15, -0.1) is 12.4 Å². The minimum absolute atomic E-state index is 0. The summed E-state index contributed by atoms with van der Waals surface area (Å²) in [6.07, 6.45) is 6.83. The van der Waals surface area contributed by atoms with Crippen molar-refractivity contribution in [2.75, 3.05) is 13.2 Å². The molecule has 0 saturated carbocycles. The van der Waals surface area contributed by atoms with Gasteiger partial charge in [-0.1, -0.05) is 30.6 Å². The van der Waals surface area contributed by atoms with Crippen LogP contribution in [0.1, 0.15) is 31.8 Å². The SMILES string of the molecule is C.CC(=N)N.CC(=N)NC(=O)c1cn2c(n1)-c1cc(Cl)ncc1OCC2.Cl.Clc1cc2c(cn1)OCCn1cc(I)nc1-2. The Balaban J connectivity index is 0.000000262. The molecular formula is C26H30Cl3IN10O3. The Morgan fingerprint density at radius 1 is 0.953 bits per heavy atom. The second-order valence-corrected chi connectivity index (χ2v) is 10.6. The lowest BCUT2D eigenvalue weighted by atomic mass is 10.2. The summed E-state index contributed by atoms with van der Waals surface area (Å²) >= 11 is 14.0. The number of rotatable bonds is 1. The maximum absolute atomic E-state index is 11.9. The van der Waals surface area contributed by atoms with E-state index < -0.39 is 5.91 Å². The third-order valence-electron chi connectivity index (χ3n) is 5.39. The number of amides is 1. The topological polar surface area (TPSA) is 183 Å². The first kappa shape index (κ1) is 35.7. The first-order chi connectivity index (χ1) is 19.5. The highest BCUT2D eigenvalue weighted by Gasteiger charge is 2.22. The first-order valence-electron chi connectivity index (χ1n) is 12.1. The number of ether oxygens (including phenoxy) is 2. The van der Waals surface area contributed by atoms with Crippen LogP contribution in [0.2, 0.25) is 10.3 Å². The third kappa shape index (κ3) is 9.26. The molecule has 43 heavy (non-hydrogen) atoms. The molecule has 5 N–H and O–H groups in total. The molecule has 2 aliphatic rings. The van der Waals surface area contributed by atoms with Crippen molar-refractivity contribution in [2.45, 2.75) is 34.4 Å². The van der Waals surface area contributed by atoms with Crippen molar-refractivity contribution in [3.8, 4) is 34.3 Å². The van der Waals surface area contributed by atoms with Gasteiger partial charge in [-0.2, -0.15) is 0 Å². The van der Waals surface area contributed by atoms with Gasteiger partial charge in [-0.05, 0) is 48.6 Å². The maximum atomic E-state index is 11.9. The number of imidazole rings is 2. The zero-order chi connectivity index (χ0) is 29.7. The second-order valence-electron chi connectivity index (χ2n) is 8.69. The zero-order valence-electron chi connectivity index (χ0n) is 22.3. The Morgan fingerprint density at radius 3 is 1.91 bits per heavy atom. The lowest BCUT2D eigenvalue weighted by Gasteiger charge is -2.05. The Bertz CT molecular complexity index is 1620. The number of carbonyl (C=O) groups excluding carboxylic acids is 1. The lowest BCUT2D eigenvalue weighted by molar-refractivity contribution is 0.0972. The van der Waals surface area contributed by atoms with Crippen LogP contribution in [-0.2, 0) is 13.1 Å². The van der Waals surface area contributed by atoms with Gasteiger partial charge in [0.2, 0.25) is 0 Å². The normalized spacial score (nSPS) is 11.8. The predicted molar refractivity (Wildman–Crippen MR) is 177 cm³/mol. The Morgan fingerprint density at radius 2 is 1.42 bits per heavy atom. The molecule has 0 aliphatic carbocycles. The number of pyridine rings is 2. The summed E-state index contributed by atoms with van der Waals surface area (Å²) in [5, 5.41) is 16.8. The molecule has 0 spiro atoms. The van der Waals surface area contributed by atoms with Gasteiger partial charge < -0.3 is 29.7 Å². The molecule has 4 aromatic heterocycles. The van der Waals surface area contributed by atoms with Gasteiger partial charge in [0.25, 0.3) is 5.91 Å². The maximum Gasteiger partial charge on any atom is 0.276 e. The molecule has 4 aromatic rings. The van der Waals surface area contributed by atoms with Crippen LogP contribution in [-0.4, -0.2) is 59.9 Å². The highest BCUT2D eigenvalue weighted by molar-refractivity contribution is 14.1. The summed E-state index contributed by atoms with van der Waals surface area (Å²) in [4.78, 5) is 28.8. The van der Waals surface area contributed by atoms with Crippen LogP contribution in [0.5, 0.6) is 11.5 Å². The fourth-order valence-electron chi connectivity index (χ4n) is 3.84. The number of amidine groups is 2. The predicted octanol–water partition coefficient (Wildman–Crippen LogP) is 5.31. The molecule has 0 radical (unpaired) electrons. The Kier molecular flexibility index (Phi) is 13.2. The number of nitrogens with two attached hydrogens (primary N) is 1. The van der Waals surface area contributed by atoms with Crippen LogP contribution < -0.4 is 20.5 Å². The molecule has 0 unspecified atom stereocenters. The molecule has 17 heteroatoms. The van der Waals surface area contributed by atoms with Crippen molar-refractivity contribution in [3.05, 3.63) is 56.6 Å². The average Bonchev–Trinajstić information content (AvgIpc) is 3.39. The standard InChI is InChI=1S/C13H12ClN5O2.C10H7ClIN3O.C2H6N2.CH4.ClH/c1-7(15)17-13(20)9-6-19-2-3-21-10-5-16-11(14)4-8(10)12(19)18-9;11-8-3-6-7(4-13-8)16-2-1-15-5-9(12)14-10(6)15;1-2(3)4;;/h4-6H,2-3H2,1H3,(H2,15,17,20);3-5H,1-2H2;1H3,(H3,3,4);1H4;1H. The molecule has 6 rings (SSSR count). The van der Waals surface area contributed by atoms with Gasteiger partial charge in [0.05, 0.1) is 48.3 Å². The number of fused-ring (bicyclic) bond motifs is 6. The summed E-state index contributed by atoms with van der Waals surface area (Å²) in [5.41, 5.74) is 6.54. The highest BCUT2D eigenvalue weighted by Crippen LogP contribution is 2.34. The molecule has 6 heterocycles. The summed E-state index contributed by atoms with van der Waals surface area (Å²) in [7, 11) is 0. The summed E-state index contributed by atoms with van der Waals surface area (Å²) in [6.45, 7) is 5.44. The van der Waals surface area contributed by atoms with E-state index in [-0.39, 0.29) is 37.2 Å². The smallest absolute Gasteiger partial charge is 0.276 e. The first-order valence-corrected chi connectivity index (χ1v) is 13.9. The van der Waals surface area contributed by atoms with E-state index in [1.165, 1.54) is 13.8 Å². The van der Waals surface area contributed by atoms with Crippen molar-refractivity contribution in [3.63, 3.8) is 0 Å². The molecule has 0 fully saturated rings. The van der Waals surface area contributed by atoms with E-state index in [1.807, 2.05) is 10.8 Å². The van der Waals surface area contributed by atoms with Gasteiger partial charge in [0.1, 0.15) is 56.1 Å². The van der Waals surface area contributed by atoms with Crippen LogP contribution in [0.4, 0.5) is 0 Å². The second kappa shape index (κ2) is 15.8. The van der Waals surface area contributed by atoms with Gasteiger partial charge in [0, 0.05) is 12.4 Å². The van der Waals surface area contributed by atoms with E-state index in [0.29, 0.717) is 47.2 Å². The fraction of sp³-hybridized carbons (Fsp3) is 0.269. The van der Waals surface area contributed by atoms with Crippen molar-refractivity contribution in [1.29, 1.82) is 10.8 Å². The number of halogens is 4. The van der Waals surface area contributed by atoms with Gasteiger partial charge in [-0.25, -0.2) is 19.9 Å². The number of nitrogens with one attached hydrogen (secondary N) is 3. The number of carbonyl (C=O) groups is 1. The minimum atomic E-state index is -0.411. The zero-order valence-corrected chi connectivity index (χ0v) is 26.8. The van der Waals surface area contributed by atoms with Gasteiger partial charge in [0.15, 0.2) is 0 Å². The Labute approximate surface area is 278 Å². The van der Waals surface area contributed by atoms with Crippen LogP contribution in [0.15, 0.2) is 36.9 Å². The largest absolute Gasteiger partial charge is 0.489 e. The lowest BCUT2D eigenvalue weighted by Crippen LogP contribution is -2.27. The molecule has 13 nitrogen and oxygen atoms in total. The molecule has 2 aliphatic heterocycles. The molecule has 230 valence electrons. The molecule has 1 amide bonds. The van der Waals surface area contributed by atoms with E-state index >= 15 is 0 Å². The molecular weight excluding hydrogens is 734 g/mol. The monoisotopic (exact) mass is 762 g/mol. The average molecular weight is 764 g/mol. The number of hydrogen-bond acceptors (Lipinski definition) is 9. The van der Waals surface area contributed by atoms with E-state index in [0.717, 1.165) is 27.4 Å². The van der Waals surface area contributed by atoms with Crippen LogP contribution >= 0.6 is 58.2 Å². The minimum Gasteiger partial charge on any atom is -0.489 e. The van der Waals surface area contributed by atoms with Crippen molar-refractivity contribution in [1.82, 2.24) is 34.4 Å². The van der Waals surface area contributed by atoms with E-state index in [2.05, 4.69) is 52.4 Å². The van der Waals surface area contributed by atoms with E-state index in [9.17, 15) is 4.79 Å². The highest BCUT2D eigenvalue weighted by atomic mass is 127. The van der Waals surface area contributed by atoms with Crippen LogP contribution in [0.3, 0.4) is 0 Å². The summed E-state index contributed by atoms with van der Waals surface area (Å²) < 4.78 is 16.1. The van der Waals surface area contributed by atoms with E-state index in [4.69, 9.17) is 49.2 Å². The number of aromatic nitrogens is 6. The van der Waals surface area contributed by atoms with Crippen molar-refractivity contribution < 1.29 is 14.3 Å². The molecule has 0 atom stereocenters. The number of hydrogen-bond donors (Lipinski definition) is 4. The van der Waals surface area contributed by atoms with E-state index in [1.54, 1.807) is 30.7 Å². The quantitative estimate of drug-likeness (QED) is 0.0871. The van der Waals surface area contributed by atoms with Crippen LogP contribution in [0, 0.1) is 14.5 Å². The summed E-state index contributed by atoms with van der Waals surface area (Å²) in [6, 6.07) is 3.45. The fourth-order valence-corrected chi connectivity index (χ4v) is 4.72. The molecule has 0 saturated heterocycles.